The van der Waals surface area contributed by atoms with Gasteiger partial charge < -0.3 is 18.8 Å². The molecule has 1 N–H and O–H groups in total. The van der Waals surface area contributed by atoms with Crippen LogP contribution in [0, 0.1) is 0 Å². The van der Waals surface area contributed by atoms with Crippen molar-refractivity contribution in [1.82, 2.24) is 19.1 Å². The van der Waals surface area contributed by atoms with Gasteiger partial charge in [-0.3, -0.25) is 14.3 Å². The third-order valence-corrected chi connectivity index (χ3v) is 4.48. The molecule has 0 aliphatic heterocycles. The molecule has 0 saturated carbocycles. The number of nitrogens with one attached hydrogen (secondary N) is 1. The Balaban J connectivity index is 2.09. The molecule has 148 valence electrons. The molecule has 3 rings (SSSR count). The van der Waals surface area contributed by atoms with E-state index in [0.29, 0.717) is 28.6 Å². The molecular formula is C19H22N4O5. The second-order valence-electron chi connectivity index (χ2n) is 6.00. The molecule has 0 aliphatic carbocycles. The monoisotopic (exact) mass is 386 g/mol. The molecule has 0 bridgehead atoms. The first kappa shape index (κ1) is 19.3. The van der Waals surface area contributed by atoms with Crippen molar-refractivity contribution in [3.8, 4) is 17.2 Å². The zero-order chi connectivity index (χ0) is 20.4. The fourth-order valence-electron chi connectivity index (χ4n) is 3.04. The van der Waals surface area contributed by atoms with Gasteiger partial charge in [-0.05, 0) is 30.7 Å². The average molecular weight is 386 g/mol. The molecule has 0 amide bonds. The van der Waals surface area contributed by atoms with Crippen molar-refractivity contribution in [1.29, 1.82) is 0 Å². The quantitative estimate of drug-likeness (QED) is 0.691. The molecule has 0 spiro atoms. The average Bonchev–Trinajstić information content (AvgIpc) is 3.00. The number of methoxy groups -OCH3 is 3. The molecule has 2 aromatic heterocycles. The first-order valence-corrected chi connectivity index (χ1v) is 8.62. The van der Waals surface area contributed by atoms with Crippen LogP contribution in [0.2, 0.25) is 0 Å². The highest BCUT2D eigenvalue weighted by Crippen LogP contribution is 2.38. The minimum Gasteiger partial charge on any atom is -0.493 e. The van der Waals surface area contributed by atoms with Gasteiger partial charge in [-0.1, -0.05) is 6.08 Å². The highest BCUT2D eigenvalue weighted by Gasteiger charge is 2.15. The second-order valence-corrected chi connectivity index (χ2v) is 6.00. The highest BCUT2D eigenvalue weighted by atomic mass is 16.5. The topological polar surface area (TPSA) is 100 Å². The van der Waals surface area contributed by atoms with E-state index in [4.69, 9.17) is 14.2 Å². The maximum atomic E-state index is 12.5. The molecule has 1 aromatic carbocycles. The number of hydrogen-bond donors (Lipinski definition) is 1. The summed E-state index contributed by atoms with van der Waals surface area (Å²) in [5.74, 6) is 2.08. The first-order valence-electron chi connectivity index (χ1n) is 8.62. The summed E-state index contributed by atoms with van der Waals surface area (Å²) >= 11 is 0. The minimum absolute atomic E-state index is 0.256. The summed E-state index contributed by atoms with van der Waals surface area (Å²) in [4.78, 5) is 31.5. The van der Waals surface area contributed by atoms with Gasteiger partial charge in [0.2, 0.25) is 5.75 Å². The number of benzene rings is 1. The molecule has 9 nitrogen and oxygen atoms in total. The lowest BCUT2D eigenvalue weighted by atomic mass is 10.1. The number of hydrogen-bond acceptors (Lipinski definition) is 6. The van der Waals surface area contributed by atoms with Gasteiger partial charge in [0.1, 0.15) is 5.82 Å². The third kappa shape index (κ3) is 3.15. The molecule has 0 atom stereocenters. The van der Waals surface area contributed by atoms with E-state index in [1.165, 1.54) is 0 Å². The van der Waals surface area contributed by atoms with Crippen LogP contribution in [0.1, 0.15) is 18.3 Å². The van der Waals surface area contributed by atoms with Gasteiger partial charge in [-0.25, -0.2) is 9.78 Å². The maximum absolute atomic E-state index is 12.5. The van der Waals surface area contributed by atoms with E-state index in [9.17, 15) is 9.59 Å². The van der Waals surface area contributed by atoms with Crippen LogP contribution in [0.3, 0.4) is 0 Å². The molecule has 3 aromatic rings. The first-order chi connectivity index (χ1) is 13.4. The minimum atomic E-state index is -0.474. The van der Waals surface area contributed by atoms with Crippen molar-refractivity contribution in [3.05, 3.63) is 44.4 Å². The van der Waals surface area contributed by atoms with Crippen LogP contribution in [0.15, 0.2) is 21.7 Å². The van der Waals surface area contributed by atoms with Gasteiger partial charge in [0.15, 0.2) is 22.7 Å². The Hall–Kier alpha value is -3.49. The zero-order valence-corrected chi connectivity index (χ0v) is 16.4. The fourth-order valence-corrected chi connectivity index (χ4v) is 3.04. The number of aryl methyl sites for hydroxylation is 1. The van der Waals surface area contributed by atoms with Gasteiger partial charge in [0, 0.05) is 13.6 Å². The number of ether oxygens (including phenoxy) is 3. The normalized spacial score (nSPS) is 11.3. The molecule has 0 radical (unpaired) electrons. The highest BCUT2D eigenvalue weighted by molar-refractivity contribution is 5.77. The van der Waals surface area contributed by atoms with Gasteiger partial charge in [-0.2, -0.15) is 0 Å². The Morgan fingerprint density at radius 3 is 2.25 bits per heavy atom. The summed E-state index contributed by atoms with van der Waals surface area (Å²) in [5, 5.41) is 0. The van der Waals surface area contributed by atoms with Crippen LogP contribution in [0.25, 0.3) is 23.3 Å². The van der Waals surface area contributed by atoms with E-state index >= 15 is 0 Å². The predicted octanol–water partition coefficient (Wildman–Crippen LogP) is 1.64. The van der Waals surface area contributed by atoms with Gasteiger partial charge in [0.05, 0.1) is 21.3 Å². The van der Waals surface area contributed by atoms with Crippen molar-refractivity contribution in [2.45, 2.75) is 13.5 Å². The van der Waals surface area contributed by atoms with E-state index in [2.05, 4.69) is 9.97 Å². The smallest absolute Gasteiger partial charge is 0.330 e. The molecule has 0 fully saturated rings. The lowest BCUT2D eigenvalue weighted by Crippen LogP contribution is -2.34. The Morgan fingerprint density at radius 2 is 1.71 bits per heavy atom. The molecule has 2 heterocycles. The number of H-pyrrole nitrogens is 1. The molecular weight excluding hydrogens is 364 g/mol. The van der Waals surface area contributed by atoms with Gasteiger partial charge in [-0.15, -0.1) is 0 Å². The fraction of sp³-hybridized carbons (Fsp3) is 0.316. The Labute approximate surface area is 160 Å². The number of nitrogens with zero attached hydrogens (tertiary/aromatic N) is 3. The van der Waals surface area contributed by atoms with E-state index in [1.54, 1.807) is 58.1 Å². The van der Waals surface area contributed by atoms with Crippen LogP contribution in [-0.4, -0.2) is 40.4 Å². The third-order valence-electron chi connectivity index (χ3n) is 4.48. The van der Waals surface area contributed by atoms with E-state index in [0.717, 1.165) is 10.1 Å². The van der Waals surface area contributed by atoms with Crippen LogP contribution >= 0.6 is 0 Å². The predicted molar refractivity (Wildman–Crippen MR) is 106 cm³/mol. The van der Waals surface area contributed by atoms with Crippen molar-refractivity contribution in [2.75, 3.05) is 21.3 Å². The van der Waals surface area contributed by atoms with Crippen molar-refractivity contribution < 1.29 is 14.2 Å². The van der Waals surface area contributed by atoms with E-state index in [1.807, 2.05) is 6.08 Å². The van der Waals surface area contributed by atoms with Crippen molar-refractivity contribution in [3.63, 3.8) is 0 Å². The molecule has 0 saturated heterocycles. The van der Waals surface area contributed by atoms with Crippen LogP contribution in [0.4, 0.5) is 0 Å². The molecule has 28 heavy (non-hydrogen) atoms. The summed E-state index contributed by atoms with van der Waals surface area (Å²) < 4.78 is 18.8. The Bertz CT molecular complexity index is 1140. The van der Waals surface area contributed by atoms with Crippen LogP contribution in [0.5, 0.6) is 17.2 Å². The molecule has 0 aliphatic rings. The SMILES string of the molecule is CCn1c(=O)[nH]c2nc(/C=C/c3cc(OC)c(OC)c(OC)c3)n(C)c2c1=O. The lowest BCUT2D eigenvalue weighted by molar-refractivity contribution is 0.324. The number of imidazole rings is 1. The van der Waals surface area contributed by atoms with Gasteiger partial charge in [0.25, 0.3) is 5.56 Å². The summed E-state index contributed by atoms with van der Waals surface area (Å²) in [6.07, 6.45) is 3.55. The number of rotatable bonds is 6. The summed E-state index contributed by atoms with van der Waals surface area (Å²) in [5.41, 5.74) is 0.542. The Morgan fingerprint density at radius 1 is 1.07 bits per heavy atom. The van der Waals surface area contributed by atoms with Crippen LogP contribution < -0.4 is 25.5 Å². The largest absolute Gasteiger partial charge is 0.493 e. The Kier molecular flexibility index (Phi) is 5.25. The lowest BCUT2D eigenvalue weighted by Gasteiger charge is -2.12. The van der Waals surface area contributed by atoms with Crippen molar-refractivity contribution in [2.24, 2.45) is 7.05 Å². The maximum Gasteiger partial charge on any atom is 0.330 e. The summed E-state index contributed by atoms with van der Waals surface area (Å²) in [6, 6.07) is 3.60. The summed E-state index contributed by atoms with van der Waals surface area (Å²) in [7, 11) is 6.36. The second kappa shape index (κ2) is 7.63. The number of aromatic nitrogens is 4. The van der Waals surface area contributed by atoms with Gasteiger partial charge >= 0.3 is 5.69 Å². The molecule has 9 heteroatoms. The summed E-state index contributed by atoms with van der Waals surface area (Å²) in [6.45, 7) is 2.02. The zero-order valence-electron chi connectivity index (χ0n) is 16.4. The number of fused-ring (bicyclic) bond motifs is 1. The van der Waals surface area contributed by atoms with E-state index in [-0.39, 0.29) is 17.8 Å². The van der Waals surface area contributed by atoms with E-state index < -0.39 is 5.69 Å². The van der Waals surface area contributed by atoms with Crippen LogP contribution in [-0.2, 0) is 13.6 Å². The van der Waals surface area contributed by atoms with Crippen molar-refractivity contribution >= 4 is 23.3 Å². The molecule has 0 unspecified atom stereocenters. The number of aromatic amines is 1. The standard InChI is InChI=1S/C19H22N4O5/c1-6-23-18(24)15-17(21-19(23)25)20-14(22(15)2)8-7-11-9-12(26-3)16(28-5)13(10-11)27-4/h7-10H,6H2,1-5H3,(H,21,25)/b8-7+.